The van der Waals surface area contributed by atoms with Gasteiger partial charge in [0, 0.05) is 91.8 Å². The van der Waals surface area contributed by atoms with Gasteiger partial charge in [-0.05, 0) is 192 Å². The van der Waals surface area contributed by atoms with Crippen molar-refractivity contribution in [2.75, 3.05) is 38.7 Å². The van der Waals surface area contributed by atoms with E-state index < -0.39 is 47.6 Å². The lowest BCUT2D eigenvalue weighted by Crippen LogP contribution is -2.40. The number of carbonyl (C=O) groups is 2. The van der Waals surface area contributed by atoms with E-state index in [2.05, 4.69) is 96.0 Å². The predicted molar refractivity (Wildman–Crippen MR) is 363 cm³/mol. The Morgan fingerprint density at radius 1 is 0.763 bits per heavy atom. The largest absolute Gasteiger partial charge is 0.508 e. The van der Waals surface area contributed by atoms with Crippen LogP contribution in [0.1, 0.15) is 147 Å². The summed E-state index contributed by atoms with van der Waals surface area (Å²) in [6.07, 6.45) is 13.0. The number of phenolic OH excluding ortho intramolecular Hbond substituents is 2. The van der Waals surface area contributed by atoms with Crippen LogP contribution in [0.3, 0.4) is 0 Å². The Kier molecular flexibility index (Phi) is 21.7. The standard InChI is InChI=1S/C78H94N4O11/c1-5-10-63-56-32-55(61(14-9-28-83)53-26-27-80-75(37-53)82-58-23-20-47-16-19-54(76(90)68(47)38-58)34-60(85)43-79-41-46(3)57-33-59(81-42-57)39-72(63)88)31-51-21-24-65(66-40-73(89)74(93-4)36-52(66)22-25-71(87)78(92)77(91)67(51)35-56)64-13-7-6-12-62(64)50-18-17-48(45(2)29-50)30-49-11-8-15-70(86)69(49)44-84/h6-8,11-13,15-20,23,26,33,36-38,40,42,45-46,48,50-51,55-56,60-61,63,65,67,72,78-86,88-90,92H,5,9-10,14,22,25,27-32,34-35,39,41,43-44H2,1-4H3/t45-,46-,48+,50-,51-,55+,56-,60+,61-,63+,65+,67-,72-,78+/m1/s1. The number of ether oxygens (including phenoxy) is 1. The van der Waals surface area contributed by atoms with Crippen molar-refractivity contribution in [2.45, 2.75) is 147 Å². The quantitative estimate of drug-likeness (QED) is 0.0327. The third-order valence-electron chi connectivity index (χ3n) is 21.2. The van der Waals surface area contributed by atoms with Crippen LogP contribution in [0.25, 0.3) is 10.8 Å². The van der Waals surface area contributed by atoms with Gasteiger partial charge in [0.15, 0.2) is 29.2 Å². The van der Waals surface area contributed by atoms with Gasteiger partial charge in [-0.25, -0.2) is 0 Å². The molecular weight excluding hydrogens is 1170 g/mol. The molecule has 5 aliphatic rings. The average Bonchev–Trinajstić information content (AvgIpc) is 1.61. The van der Waals surface area contributed by atoms with Crippen LogP contribution >= 0.6 is 0 Å². The number of aliphatic hydroxyl groups is 5. The molecule has 0 radical (unpaired) electrons. The topological polar surface area (TPSA) is 257 Å². The van der Waals surface area contributed by atoms with E-state index in [1.165, 1.54) is 7.11 Å². The van der Waals surface area contributed by atoms with Gasteiger partial charge in [0.1, 0.15) is 17.3 Å². The SMILES string of the molecule is CCC[C@H]1[C@@H]2C[C@H](C[C@H]3C#C[C@@H](c4ccccc4[C@@H]4C=C[C@@H](Cc5cccc(O)c5CO)[C@H](C)C4)c4cc(O)c(OC)cc4CCC(=O)[C@H](O)C(=O)[C@@H]3C2)[C@H](CCCO)C2=CCNC(=C2)Nc2ccc3ccc(c(O)c3c2)C[C@H](O)CNC[C@@H](C)c2c[nH]c(c2)C[C@H]1O. The first kappa shape index (κ1) is 66.8. The highest BCUT2D eigenvalue weighted by Crippen LogP contribution is 2.49. The molecule has 2 aliphatic heterocycles. The first-order valence-corrected chi connectivity index (χ1v) is 33.9. The minimum atomic E-state index is -1.93. The van der Waals surface area contributed by atoms with Gasteiger partial charge in [-0.15, -0.1) is 0 Å². The Morgan fingerprint density at radius 3 is 2.37 bits per heavy atom. The first-order chi connectivity index (χ1) is 45.0. The number of carbonyl (C=O) groups excluding carboxylic acids is 2. The molecule has 93 heavy (non-hydrogen) atoms. The Hall–Kier alpha value is -7.68. The fourth-order valence-corrected chi connectivity index (χ4v) is 16.1. The van der Waals surface area contributed by atoms with Crippen LogP contribution in [0.4, 0.5) is 5.69 Å². The molecular formula is C78H94N4O11. The summed E-state index contributed by atoms with van der Waals surface area (Å²) in [6.45, 7) is 7.53. The molecule has 6 aromatic rings. The van der Waals surface area contributed by atoms with E-state index in [-0.39, 0.29) is 109 Å². The van der Waals surface area contributed by atoms with Crippen molar-refractivity contribution in [3.8, 4) is 34.8 Å². The number of anilines is 1. The highest BCUT2D eigenvalue weighted by Gasteiger charge is 2.45. The van der Waals surface area contributed by atoms with Gasteiger partial charge in [-0.3, -0.25) is 9.59 Å². The number of benzene rings is 5. The molecule has 0 saturated heterocycles. The number of H-pyrrole nitrogens is 1. The number of phenols is 3. The zero-order chi connectivity index (χ0) is 65.4. The maximum Gasteiger partial charge on any atom is 0.173 e. The molecule has 3 heterocycles. The maximum absolute atomic E-state index is 15.6. The number of aromatic amines is 1. The molecule has 11 rings (SSSR count). The Labute approximate surface area is 547 Å². The fourth-order valence-electron chi connectivity index (χ4n) is 16.1. The third kappa shape index (κ3) is 15.1. The third-order valence-corrected chi connectivity index (χ3v) is 21.2. The van der Waals surface area contributed by atoms with Crippen LogP contribution in [0, 0.1) is 59.2 Å². The number of nitrogens with one attached hydrogen (secondary N) is 4. The summed E-state index contributed by atoms with van der Waals surface area (Å²) in [4.78, 5) is 33.7. The minimum Gasteiger partial charge on any atom is -0.508 e. The van der Waals surface area contributed by atoms with Crippen molar-refractivity contribution in [3.63, 3.8) is 0 Å². The number of ketones is 2. The molecule has 1 fully saturated rings. The molecule has 0 amide bonds. The second kappa shape index (κ2) is 30.2. The van der Waals surface area contributed by atoms with E-state index in [1.54, 1.807) is 18.2 Å². The summed E-state index contributed by atoms with van der Waals surface area (Å²) in [7, 11) is 1.48. The number of aryl methyl sites for hydroxylation is 1. The lowest BCUT2D eigenvalue weighted by molar-refractivity contribution is -0.142. The van der Waals surface area contributed by atoms with Gasteiger partial charge in [0.25, 0.3) is 0 Å². The number of rotatable bonds is 11. The summed E-state index contributed by atoms with van der Waals surface area (Å²) in [6, 6.07) is 28.9. The molecule has 12 N–H and O–H groups in total. The minimum absolute atomic E-state index is 0.0458. The highest BCUT2D eigenvalue weighted by atomic mass is 16.5. The Morgan fingerprint density at radius 2 is 1.58 bits per heavy atom. The Balaban J connectivity index is 1.05. The number of hydrogen-bond donors (Lipinski definition) is 12. The number of Topliss-reactive ketones (excluding diaryl/α,β-unsaturated/α-hetero) is 2. The zero-order valence-electron chi connectivity index (χ0n) is 54.2. The molecule has 9 bridgehead atoms. The number of aliphatic hydroxyl groups excluding tert-OH is 5. The summed E-state index contributed by atoms with van der Waals surface area (Å²) in [5.41, 5.74) is 9.11. The van der Waals surface area contributed by atoms with Crippen molar-refractivity contribution in [2.24, 2.45) is 47.3 Å². The summed E-state index contributed by atoms with van der Waals surface area (Å²) < 4.78 is 5.69. The van der Waals surface area contributed by atoms with Crippen molar-refractivity contribution < 1.29 is 55.2 Å². The lowest BCUT2D eigenvalue weighted by Gasteiger charge is -2.36. The number of methoxy groups -OCH3 is 1. The average molecular weight is 1260 g/mol. The first-order valence-electron chi connectivity index (χ1n) is 33.9. The van der Waals surface area contributed by atoms with Crippen molar-refractivity contribution in [3.05, 3.63) is 183 Å². The van der Waals surface area contributed by atoms with Crippen LogP contribution in [-0.2, 0) is 41.9 Å². The second-order valence-electron chi connectivity index (χ2n) is 27.3. The van der Waals surface area contributed by atoms with E-state index in [9.17, 15) is 45.6 Å². The molecule has 14 atom stereocenters. The van der Waals surface area contributed by atoms with E-state index in [0.29, 0.717) is 92.2 Å². The molecule has 1 aromatic heterocycles. The molecule has 0 unspecified atom stereocenters. The fraction of sp³-hybridized carbons (Fsp3) is 0.462. The van der Waals surface area contributed by atoms with Crippen molar-refractivity contribution in [1.29, 1.82) is 0 Å². The van der Waals surface area contributed by atoms with Crippen molar-refractivity contribution >= 4 is 28.0 Å². The van der Waals surface area contributed by atoms with E-state index in [4.69, 9.17) is 4.74 Å². The van der Waals surface area contributed by atoms with Gasteiger partial charge < -0.3 is 66.5 Å². The second-order valence-corrected chi connectivity index (χ2v) is 27.3. The molecule has 3 aliphatic carbocycles. The molecule has 15 heteroatoms. The predicted octanol–water partition coefficient (Wildman–Crippen LogP) is 11.1. The van der Waals surface area contributed by atoms with Crippen LogP contribution < -0.4 is 20.7 Å². The monoisotopic (exact) mass is 1260 g/mol. The van der Waals surface area contributed by atoms with Gasteiger partial charge in [0.2, 0.25) is 0 Å². The number of aromatic hydroxyl groups is 3. The smallest absolute Gasteiger partial charge is 0.173 e. The van der Waals surface area contributed by atoms with Gasteiger partial charge >= 0.3 is 0 Å². The van der Waals surface area contributed by atoms with Crippen LogP contribution in [0.5, 0.6) is 23.0 Å². The molecule has 1 saturated carbocycles. The summed E-state index contributed by atoms with van der Waals surface area (Å²) in [5, 5.41) is 104. The number of fused-ring (bicyclic) bond motifs is 9. The molecule has 5 aromatic carbocycles. The van der Waals surface area contributed by atoms with Crippen LogP contribution in [-0.4, -0.2) is 109 Å². The van der Waals surface area contributed by atoms with Crippen LogP contribution in [0.2, 0.25) is 0 Å². The van der Waals surface area contributed by atoms with Gasteiger partial charge in [0.05, 0.1) is 31.8 Å². The number of aromatic nitrogens is 1. The zero-order valence-corrected chi connectivity index (χ0v) is 54.2. The molecule has 0 spiro atoms. The van der Waals surface area contributed by atoms with E-state index in [0.717, 1.165) is 63.3 Å². The maximum atomic E-state index is 15.6. The van der Waals surface area contributed by atoms with Crippen LogP contribution in [0.15, 0.2) is 133 Å². The molecule has 492 valence electrons. The number of allylic oxidation sites excluding steroid dienone is 4. The number of β-amino-alcohol motifs (C(OH)–C–C–N with tert-alkyl or cyclic N) is 1. The van der Waals surface area contributed by atoms with E-state index >= 15 is 4.79 Å². The highest BCUT2D eigenvalue weighted by molar-refractivity contribution is 6.06. The summed E-state index contributed by atoms with van der Waals surface area (Å²) >= 11 is 0. The lowest BCUT2D eigenvalue weighted by atomic mass is 9.71. The Bertz CT molecular complexity index is 3800. The number of dihydropyridines is 1. The molecule has 15 nitrogen and oxygen atoms in total. The summed E-state index contributed by atoms with van der Waals surface area (Å²) in [5.74, 6) is 4.61. The van der Waals surface area contributed by atoms with Gasteiger partial charge in [-0.1, -0.05) is 112 Å². The van der Waals surface area contributed by atoms with E-state index in [1.807, 2.05) is 60.8 Å². The number of hydrogen-bond acceptors (Lipinski definition) is 14. The van der Waals surface area contributed by atoms with Gasteiger partial charge in [-0.2, -0.15) is 0 Å². The normalized spacial score (nSPS) is 28.1. The van der Waals surface area contributed by atoms with Crippen molar-refractivity contribution in [1.82, 2.24) is 15.6 Å².